The van der Waals surface area contributed by atoms with Crippen LogP contribution in [0, 0.1) is 0 Å². The van der Waals surface area contributed by atoms with Crippen molar-refractivity contribution in [3.63, 3.8) is 0 Å². The summed E-state index contributed by atoms with van der Waals surface area (Å²) in [7, 11) is 0. The largest absolute Gasteiger partial charge is 0.487 e. The summed E-state index contributed by atoms with van der Waals surface area (Å²) in [6, 6.07) is 5.47. The van der Waals surface area contributed by atoms with Gasteiger partial charge in [-0.1, -0.05) is 6.07 Å². The van der Waals surface area contributed by atoms with E-state index in [1.54, 1.807) is 19.2 Å². The lowest BCUT2D eigenvalue weighted by atomic mass is 10.3. The quantitative estimate of drug-likeness (QED) is 0.619. The van der Waals surface area contributed by atoms with Crippen molar-refractivity contribution in [2.75, 3.05) is 11.9 Å². The highest BCUT2D eigenvalue weighted by Gasteiger charge is 2.00. The molecule has 0 aromatic carbocycles. The number of aliphatic hydroxyl groups excluding tert-OH is 2. The third kappa shape index (κ3) is 12.7. The molecule has 0 spiro atoms. The zero-order valence-corrected chi connectivity index (χ0v) is 12.1. The van der Waals surface area contributed by atoms with E-state index in [0.717, 1.165) is 0 Å². The lowest BCUT2D eigenvalue weighted by Crippen LogP contribution is -2.16. The third-order valence-corrected chi connectivity index (χ3v) is 1.88. The first kappa shape index (κ1) is 17.5. The monoisotopic (exact) mass is 303 g/mol. The second kappa shape index (κ2) is 10.4. The molecule has 0 amide bonds. The zero-order chi connectivity index (χ0) is 14.7. The first-order chi connectivity index (χ1) is 8.91. The van der Waals surface area contributed by atoms with Gasteiger partial charge in [-0.05, 0) is 43.5 Å². The van der Waals surface area contributed by atoms with Gasteiger partial charge < -0.3 is 26.0 Å². The molecule has 1 atom stereocenters. The summed E-state index contributed by atoms with van der Waals surface area (Å²) in [6.45, 7) is 2.11. The Kier molecular flexibility index (Phi) is 9.59. The van der Waals surface area contributed by atoms with Gasteiger partial charge >= 0.3 is 0 Å². The topological polar surface area (TPSA) is 101 Å². The van der Waals surface area contributed by atoms with E-state index < -0.39 is 5.17 Å². The van der Waals surface area contributed by atoms with Crippen LogP contribution in [-0.4, -0.2) is 38.3 Å². The average Bonchev–Trinajstić information content (AvgIpc) is 2.28. The van der Waals surface area contributed by atoms with Crippen molar-refractivity contribution >= 4 is 40.6 Å². The first-order valence-corrected chi connectivity index (χ1v) is 6.24. The Bertz CT molecular complexity index is 384. The second-order valence-corrected chi connectivity index (χ2v) is 4.24. The van der Waals surface area contributed by atoms with E-state index in [2.05, 4.69) is 28.3 Å². The molecule has 0 fully saturated rings. The maximum absolute atomic E-state index is 9.00. The van der Waals surface area contributed by atoms with E-state index in [0.29, 0.717) is 18.8 Å². The minimum atomic E-state index is -0.500. The second-order valence-electron chi connectivity index (χ2n) is 3.45. The number of nitrogens with zero attached hydrogens (tertiary/aromatic N) is 1. The number of hydrogen-bond acceptors (Lipinski definition) is 5. The van der Waals surface area contributed by atoms with Crippen molar-refractivity contribution in [3.05, 3.63) is 24.4 Å². The van der Waals surface area contributed by atoms with Crippen LogP contribution in [0.5, 0.6) is 0 Å². The lowest BCUT2D eigenvalue weighted by molar-refractivity contribution is 0.153. The number of anilines is 1. The summed E-state index contributed by atoms with van der Waals surface area (Å²) >= 11 is 8.80. The molecule has 1 rings (SSSR count). The van der Waals surface area contributed by atoms with Crippen LogP contribution in [0.2, 0.25) is 0 Å². The molecule has 8 heteroatoms. The Balaban J connectivity index is 0.000000711. The predicted octanol–water partition coefficient (Wildman–Crippen LogP) is 1.35. The van der Waals surface area contributed by atoms with Crippen LogP contribution in [0.1, 0.15) is 13.3 Å². The van der Waals surface area contributed by atoms with E-state index in [4.69, 9.17) is 27.2 Å². The van der Waals surface area contributed by atoms with Crippen molar-refractivity contribution in [1.82, 2.24) is 4.98 Å². The fraction of sp³-hybridized carbons (Fsp3) is 0.364. The minimum Gasteiger partial charge on any atom is -0.487 e. The first-order valence-electron chi connectivity index (χ1n) is 5.43. The number of rotatable bonds is 4. The van der Waals surface area contributed by atoms with Crippen LogP contribution in [0.25, 0.3) is 0 Å². The van der Waals surface area contributed by atoms with E-state index >= 15 is 0 Å². The molecule has 0 aliphatic rings. The molecule has 0 saturated carbocycles. The standard InChI is InChI=1S/C10H14N2O2S.CH3NOS/c1-8(13)5-7-14-10(15)12-9-4-2-3-6-11-9;2-1(3)4/h2-4,6,8,13H,5,7H2,1H3,(H,11,12,15);(H3,2,3,4). The molecular weight excluding hydrogens is 286 g/mol. The summed E-state index contributed by atoms with van der Waals surface area (Å²) in [4.78, 5) is 4.03. The van der Waals surface area contributed by atoms with Gasteiger partial charge in [0, 0.05) is 12.6 Å². The Labute approximate surface area is 122 Å². The van der Waals surface area contributed by atoms with E-state index in [1.165, 1.54) is 0 Å². The van der Waals surface area contributed by atoms with Crippen molar-refractivity contribution in [2.45, 2.75) is 19.4 Å². The van der Waals surface area contributed by atoms with Gasteiger partial charge in [-0.15, -0.1) is 0 Å². The van der Waals surface area contributed by atoms with Gasteiger partial charge in [0.05, 0.1) is 12.7 Å². The highest BCUT2D eigenvalue weighted by atomic mass is 32.1. The molecule has 19 heavy (non-hydrogen) atoms. The molecule has 1 aromatic heterocycles. The number of nitrogens with two attached hydrogens (primary N) is 1. The van der Waals surface area contributed by atoms with Crippen LogP contribution in [-0.2, 0) is 4.74 Å². The third-order valence-electron chi connectivity index (χ3n) is 1.66. The van der Waals surface area contributed by atoms with Gasteiger partial charge in [0.25, 0.3) is 10.3 Å². The molecule has 0 aliphatic heterocycles. The Morgan fingerprint density at radius 3 is 2.63 bits per heavy atom. The van der Waals surface area contributed by atoms with E-state index in [-0.39, 0.29) is 11.3 Å². The molecule has 1 unspecified atom stereocenters. The summed E-state index contributed by atoms with van der Waals surface area (Å²) in [5, 5.41) is 19.2. The number of pyridine rings is 1. The molecule has 1 aromatic rings. The summed E-state index contributed by atoms with van der Waals surface area (Å²) < 4.78 is 5.18. The highest BCUT2D eigenvalue weighted by molar-refractivity contribution is 7.80. The molecule has 0 radical (unpaired) electrons. The fourth-order valence-corrected chi connectivity index (χ4v) is 1.09. The summed E-state index contributed by atoms with van der Waals surface area (Å²) in [5.74, 6) is 0.652. The number of hydrogen-bond donors (Lipinski definition) is 4. The number of aromatic nitrogens is 1. The average molecular weight is 303 g/mol. The molecular formula is C11H17N3O3S2. The van der Waals surface area contributed by atoms with Crippen molar-refractivity contribution in [1.29, 1.82) is 0 Å². The fourth-order valence-electron chi connectivity index (χ4n) is 0.900. The molecule has 0 bridgehead atoms. The van der Waals surface area contributed by atoms with Crippen molar-refractivity contribution in [2.24, 2.45) is 5.73 Å². The van der Waals surface area contributed by atoms with Crippen LogP contribution >= 0.6 is 24.4 Å². The maximum atomic E-state index is 9.00. The van der Waals surface area contributed by atoms with Crippen LogP contribution in [0.3, 0.4) is 0 Å². The SMILES string of the molecule is CC(O)CCOC(=S)Nc1ccccn1.NC(O)=S. The van der Waals surface area contributed by atoms with Crippen molar-refractivity contribution < 1.29 is 14.9 Å². The van der Waals surface area contributed by atoms with E-state index in [1.807, 2.05) is 12.1 Å². The Morgan fingerprint density at radius 1 is 1.53 bits per heavy atom. The number of aliphatic hydroxyl groups is 2. The molecule has 5 N–H and O–H groups in total. The van der Waals surface area contributed by atoms with Gasteiger partial charge in [-0.3, -0.25) is 0 Å². The van der Waals surface area contributed by atoms with Gasteiger partial charge in [0.15, 0.2) is 0 Å². The number of thiocarbonyl (C=S) groups is 2. The van der Waals surface area contributed by atoms with Gasteiger partial charge in [-0.25, -0.2) is 4.98 Å². The normalized spacial score (nSPS) is 10.6. The minimum absolute atomic E-state index is 0.273. The molecule has 0 saturated heterocycles. The van der Waals surface area contributed by atoms with Gasteiger partial charge in [0.2, 0.25) is 0 Å². The predicted molar refractivity (Wildman–Crippen MR) is 82.1 cm³/mol. The summed E-state index contributed by atoms with van der Waals surface area (Å²) in [5.41, 5.74) is 4.40. The zero-order valence-electron chi connectivity index (χ0n) is 10.4. The maximum Gasteiger partial charge on any atom is 0.262 e. The van der Waals surface area contributed by atoms with Crippen LogP contribution < -0.4 is 11.1 Å². The summed E-state index contributed by atoms with van der Waals surface area (Å²) in [6.07, 6.45) is 1.85. The van der Waals surface area contributed by atoms with Gasteiger partial charge in [-0.2, -0.15) is 0 Å². The molecule has 1 heterocycles. The smallest absolute Gasteiger partial charge is 0.262 e. The lowest BCUT2D eigenvalue weighted by Gasteiger charge is -2.09. The van der Waals surface area contributed by atoms with E-state index in [9.17, 15) is 0 Å². The highest BCUT2D eigenvalue weighted by Crippen LogP contribution is 2.01. The Morgan fingerprint density at radius 2 is 2.16 bits per heavy atom. The van der Waals surface area contributed by atoms with Gasteiger partial charge in [0.1, 0.15) is 5.82 Å². The van der Waals surface area contributed by atoms with Crippen LogP contribution in [0.15, 0.2) is 24.4 Å². The molecule has 0 aliphatic carbocycles. The van der Waals surface area contributed by atoms with Crippen LogP contribution in [0.4, 0.5) is 5.82 Å². The Hall–Kier alpha value is -1.51. The number of nitrogens with one attached hydrogen (secondary N) is 1. The number of ether oxygens (including phenoxy) is 1. The molecule has 6 nitrogen and oxygen atoms in total. The molecule has 106 valence electrons. The van der Waals surface area contributed by atoms with Crippen molar-refractivity contribution in [3.8, 4) is 0 Å².